The van der Waals surface area contributed by atoms with Crippen molar-refractivity contribution in [1.29, 1.82) is 0 Å². The Morgan fingerprint density at radius 3 is 3.10 bits per heavy atom. The lowest BCUT2D eigenvalue weighted by Gasteiger charge is -2.33. The quantitative estimate of drug-likeness (QED) is 0.896. The highest BCUT2D eigenvalue weighted by atomic mass is 32.2. The lowest BCUT2D eigenvalue weighted by Crippen LogP contribution is -2.42. The molecule has 0 bridgehead atoms. The molecular formula is C14H19N3O3S. The number of fused-ring (bicyclic) bond motifs is 1. The second-order valence-electron chi connectivity index (χ2n) is 5.56. The minimum atomic E-state index is -3.56. The number of aliphatic hydroxyl groups excluding tert-OH is 1. The van der Waals surface area contributed by atoms with Crippen LogP contribution in [0.1, 0.15) is 19.8 Å². The van der Waals surface area contributed by atoms with Gasteiger partial charge in [-0.3, -0.25) is 0 Å². The van der Waals surface area contributed by atoms with E-state index in [1.807, 2.05) is 0 Å². The van der Waals surface area contributed by atoms with Crippen molar-refractivity contribution in [2.24, 2.45) is 5.92 Å². The van der Waals surface area contributed by atoms with E-state index in [-0.39, 0.29) is 10.8 Å². The number of sulfonamides is 1. The van der Waals surface area contributed by atoms with Crippen molar-refractivity contribution in [2.75, 3.05) is 13.1 Å². The number of piperidine rings is 1. The van der Waals surface area contributed by atoms with Gasteiger partial charge in [0.1, 0.15) is 10.5 Å². The number of hydrogen-bond acceptors (Lipinski definition) is 4. The molecule has 2 aromatic heterocycles. The first-order valence-electron chi connectivity index (χ1n) is 7.10. The predicted molar refractivity (Wildman–Crippen MR) is 79.3 cm³/mol. The minimum Gasteiger partial charge on any atom is -0.393 e. The van der Waals surface area contributed by atoms with E-state index in [1.54, 1.807) is 25.3 Å². The fourth-order valence-corrected chi connectivity index (χ4v) is 4.56. The second-order valence-corrected chi connectivity index (χ2v) is 7.46. The second kappa shape index (κ2) is 5.40. The van der Waals surface area contributed by atoms with Gasteiger partial charge in [0.05, 0.1) is 6.10 Å². The van der Waals surface area contributed by atoms with Crippen LogP contribution < -0.4 is 0 Å². The molecule has 0 spiro atoms. The van der Waals surface area contributed by atoms with Crippen LogP contribution in [0.4, 0.5) is 0 Å². The molecule has 1 saturated heterocycles. The molecule has 0 saturated carbocycles. The lowest BCUT2D eigenvalue weighted by molar-refractivity contribution is 0.0885. The van der Waals surface area contributed by atoms with Gasteiger partial charge in [0.25, 0.3) is 0 Å². The number of hydrogen-bond donors (Lipinski definition) is 2. The Morgan fingerprint density at radius 2 is 2.33 bits per heavy atom. The molecule has 2 atom stereocenters. The zero-order valence-corrected chi connectivity index (χ0v) is 12.7. The average Bonchev–Trinajstić information content (AvgIpc) is 2.92. The molecule has 21 heavy (non-hydrogen) atoms. The summed E-state index contributed by atoms with van der Waals surface area (Å²) in [5, 5.41) is 10.3. The van der Waals surface area contributed by atoms with Crippen LogP contribution in [0, 0.1) is 5.92 Å². The Balaban J connectivity index is 1.96. The zero-order chi connectivity index (χ0) is 15.0. The van der Waals surface area contributed by atoms with Crippen molar-refractivity contribution < 1.29 is 13.5 Å². The molecule has 2 N–H and O–H groups in total. The van der Waals surface area contributed by atoms with Gasteiger partial charge in [-0.15, -0.1) is 0 Å². The largest absolute Gasteiger partial charge is 0.393 e. The number of rotatable bonds is 3. The van der Waals surface area contributed by atoms with Crippen molar-refractivity contribution in [3.63, 3.8) is 0 Å². The van der Waals surface area contributed by atoms with Crippen LogP contribution in [0.2, 0.25) is 0 Å². The van der Waals surface area contributed by atoms with Gasteiger partial charge in [-0.2, -0.15) is 4.31 Å². The molecule has 0 amide bonds. The molecule has 114 valence electrons. The van der Waals surface area contributed by atoms with Gasteiger partial charge in [0, 0.05) is 30.9 Å². The fourth-order valence-electron chi connectivity index (χ4n) is 2.87. The fraction of sp³-hybridized carbons (Fsp3) is 0.500. The van der Waals surface area contributed by atoms with Crippen molar-refractivity contribution in [3.05, 3.63) is 24.5 Å². The molecular weight excluding hydrogens is 290 g/mol. The molecule has 7 heteroatoms. The summed E-state index contributed by atoms with van der Waals surface area (Å²) < 4.78 is 27.1. The van der Waals surface area contributed by atoms with Gasteiger partial charge in [-0.05, 0) is 37.8 Å². The van der Waals surface area contributed by atoms with Gasteiger partial charge in [-0.1, -0.05) is 0 Å². The molecule has 2 aromatic rings. The lowest BCUT2D eigenvalue weighted by atomic mass is 9.95. The molecule has 6 nitrogen and oxygen atoms in total. The highest BCUT2D eigenvalue weighted by molar-refractivity contribution is 7.89. The standard InChI is InChI=1S/C14H19N3O3S/c1-10(18)11-4-3-7-17(9-11)21(19,20)13-8-16-14-12(13)5-2-6-15-14/h2,5-6,8,10-11,18H,3-4,7,9H2,1H3,(H,15,16). The van der Waals surface area contributed by atoms with E-state index < -0.39 is 16.1 Å². The van der Waals surface area contributed by atoms with E-state index >= 15 is 0 Å². The first-order valence-corrected chi connectivity index (χ1v) is 8.54. The minimum absolute atomic E-state index is 0.00291. The monoisotopic (exact) mass is 309 g/mol. The Labute approximate surface area is 123 Å². The Hall–Kier alpha value is -1.44. The van der Waals surface area contributed by atoms with Crippen LogP contribution in [0.25, 0.3) is 11.0 Å². The topological polar surface area (TPSA) is 86.3 Å². The third-order valence-electron chi connectivity index (χ3n) is 4.13. The van der Waals surface area contributed by atoms with Crippen LogP contribution in [-0.4, -0.2) is 47.0 Å². The molecule has 0 aromatic carbocycles. The number of nitrogens with one attached hydrogen (secondary N) is 1. The van der Waals surface area contributed by atoms with Gasteiger partial charge in [0.2, 0.25) is 10.0 Å². The van der Waals surface area contributed by atoms with E-state index in [0.717, 1.165) is 12.8 Å². The third-order valence-corrected chi connectivity index (χ3v) is 6.04. The summed E-state index contributed by atoms with van der Waals surface area (Å²) in [4.78, 5) is 7.29. The summed E-state index contributed by atoms with van der Waals surface area (Å²) in [7, 11) is -3.56. The molecule has 3 rings (SSSR count). The Morgan fingerprint density at radius 1 is 1.52 bits per heavy atom. The number of H-pyrrole nitrogens is 1. The maximum atomic E-state index is 12.8. The molecule has 1 aliphatic rings. The first-order chi connectivity index (χ1) is 10.00. The normalized spacial score (nSPS) is 22.5. The van der Waals surface area contributed by atoms with Crippen LogP contribution in [0.3, 0.4) is 0 Å². The van der Waals surface area contributed by atoms with Gasteiger partial charge >= 0.3 is 0 Å². The van der Waals surface area contributed by atoms with Crippen LogP contribution in [-0.2, 0) is 10.0 Å². The molecule has 0 aliphatic carbocycles. The maximum Gasteiger partial charge on any atom is 0.245 e. The number of aliphatic hydroxyl groups is 1. The average molecular weight is 309 g/mol. The Bertz CT molecular complexity index is 739. The van der Waals surface area contributed by atoms with Crippen LogP contribution in [0.5, 0.6) is 0 Å². The van der Waals surface area contributed by atoms with E-state index in [4.69, 9.17) is 0 Å². The summed E-state index contributed by atoms with van der Waals surface area (Å²) in [6.45, 7) is 2.59. The predicted octanol–water partition coefficient (Wildman–Crippen LogP) is 1.34. The van der Waals surface area contributed by atoms with Crippen molar-refractivity contribution >= 4 is 21.1 Å². The van der Waals surface area contributed by atoms with Crippen molar-refractivity contribution in [2.45, 2.75) is 30.8 Å². The summed E-state index contributed by atoms with van der Waals surface area (Å²) in [5.74, 6) is -0.00291. The molecule has 1 fully saturated rings. The highest BCUT2D eigenvalue weighted by Gasteiger charge is 2.33. The van der Waals surface area contributed by atoms with Crippen LogP contribution in [0.15, 0.2) is 29.4 Å². The first kappa shape index (κ1) is 14.5. The van der Waals surface area contributed by atoms with Gasteiger partial charge in [-0.25, -0.2) is 13.4 Å². The van der Waals surface area contributed by atoms with E-state index in [0.29, 0.717) is 24.1 Å². The summed E-state index contributed by atoms with van der Waals surface area (Å²) in [6, 6.07) is 3.48. The third kappa shape index (κ3) is 2.56. The number of pyridine rings is 1. The van der Waals surface area contributed by atoms with E-state index in [9.17, 15) is 13.5 Å². The smallest absolute Gasteiger partial charge is 0.245 e. The molecule has 2 unspecified atom stereocenters. The number of aromatic amines is 1. The highest BCUT2D eigenvalue weighted by Crippen LogP contribution is 2.28. The number of aromatic nitrogens is 2. The zero-order valence-electron chi connectivity index (χ0n) is 11.9. The molecule has 3 heterocycles. The number of nitrogens with zero attached hydrogens (tertiary/aromatic N) is 2. The molecule has 0 radical (unpaired) electrons. The summed E-state index contributed by atoms with van der Waals surface area (Å²) >= 11 is 0. The van der Waals surface area contributed by atoms with Crippen LogP contribution >= 0.6 is 0 Å². The summed E-state index contributed by atoms with van der Waals surface area (Å²) in [6.07, 6.45) is 4.26. The Kier molecular flexibility index (Phi) is 3.73. The van der Waals surface area contributed by atoms with Gasteiger partial charge < -0.3 is 10.1 Å². The van der Waals surface area contributed by atoms with Gasteiger partial charge in [0.15, 0.2) is 0 Å². The summed E-state index contributed by atoms with van der Waals surface area (Å²) in [5.41, 5.74) is 0.570. The SMILES string of the molecule is CC(O)C1CCCN(S(=O)(=O)c2c[nH]c3ncccc23)C1. The maximum absolute atomic E-state index is 12.8. The molecule has 1 aliphatic heterocycles. The van der Waals surface area contributed by atoms with E-state index in [1.165, 1.54) is 10.5 Å². The van der Waals surface area contributed by atoms with Crippen molar-refractivity contribution in [1.82, 2.24) is 14.3 Å². The van der Waals surface area contributed by atoms with Crippen molar-refractivity contribution in [3.8, 4) is 0 Å². The van der Waals surface area contributed by atoms with E-state index in [2.05, 4.69) is 9.97 Å².